The molecule has 2 N–H and O–H groups in total. The number of amides is 1. The number of carbonyl (C=O) groups excluding carboxylic acids is 1. The third-order valence-corrected chi connectivity index (χ3v) is 4.65. The number of piperazine rings is 1. The van der Waals surface area contributed by atoms with Crippen molar-refractivity contribution in [2.45, 2.75) is 12.5 Å². The molecule has 1 saturated heterocycles. The molecule has 1 aliphatic heterocycles. The van der Waals surface area contributed by atoms with Gasteiger partial charge in [-0.3, -0.25) is 4.79 Å². The predicted molar refractivity (Wildman–Crippen MR) is 113 cm³/mol. The molecule has 0 radical (unpaired) electrons. The normalized spacial score (nSPS) is 14.8. The van der Waals surface area contributed by atoms with Gasteiger partial charge in [0.05, 0.1) is 6.04 Å². The molecule has 4 nitrogen and oxygen atoms in total. The van der Waals surface area contributed by atoms with Crippen molar-refractivity contribution in [1.29, 1.82) is 0 Å². The van der Waals surface area contributed by atoms with Gasteiger partial charge in [-0.05, 0) is 36.2 Å². The zero-order valence-electron chi connectivity index (χ0n) is 14.4. The smallest absolute Gasteiger partial charge is 0.239 e. The second-order valence-electron chi connectivity index (χ2n) is 6.08. The second-order valence-corrected chi connectivity index (χ2v) is 6.52. The van der Waals surface area contributed by atoms with Crippen LogP contribution in [0, 0.1) is 0 Å². The highest BCUT2D eigenvalue weighted by molar-refractivity contribution is 6.30. The van der Waals surface area contributed by atoms with Gasteiger partial charge in [0.1, 0.15) is 0 Å². The molecule has 0 aromatic heterocycles. The van der Waals surface area contributed by atoms with Crippen LogP contribution in [0.1, 0.15) is 5.56 Å². The largest absolute Gasteiger partial charge is 0.368 e. The lowest BCUT2D eigenvalue weighted by atomic mass is 10.1. The van der Waals surface area contributed by atoms with Crippen molar-refractivity contribution in [3.05, 3.63) is 65.2 Å². The fraction of sp³-hybridized carbons (Fsp3) is 0.316. The Morgan fingerprint density at radius 2 is 1.54 bits per heavy atom. The van der Waals surface area contributed by atoms with Gasteiger partial charge in [0.2, 0.25) is 5.91 Å². The zero-order chi connectivity index (χ0) is 16.9. The van der Waals surface area contributed by atoms with Crippen molar-refractivity contribution in [3.8, 4) is 0 Å². The summed E-state index contributed by atoms with van der Waals surface area (Å²) in [6, 6.07) is 17.3. The van der Waals surface area contributed by atoms with E-state index in [0.29, 0.717) is 19.5 Å². The number of rotatable bonds is 4. The Hall–Kier alpha value is -1.46. The standard InChI is InChI=1S/C19H22ClN3O.2ClH/c20-16-6-8-17(9-7-16)22-10-12-23(13-11-22)19(24)18(21)14-15-4-2-1-3-5-15;;/h1-9,18H,10-14,21H2;2*1H/t18-;;/m0../s1. The van der Waals surface area contributed by atoms with Crippen LogP contribution in [-0.4, -0.2) is 43.0 Å². The minimum atomic E-state index is -0.477. The predicted octanol–water partition coefficient (Wildman–Crippen LogP) is 3.40. The number of hydrogen-bond donors (Lipinski definition) is 1. The molecule has 3 rings (SSSR count). The van der Waals surface area contributed by atoms with Crippen LogP contribution in [0.25, 0.3) is 0 Å². The molecule has 7 heteroatoms. The Balaban J connectivity index is 0.00000169. The minimum Gasteiger partial charge on any atom is -0.368 e. The van der Waals surface area contributed by atoms with E-state index in [1.165, 1.54) is 0 Å². The summed E-state index contributed by atoms with van der Waals surface area (Å²) in [4.78, 5) is 16.7. The number of nitrogens with two attached hydrogens (primary N) is 1. The Kier molecular flexibility index (Phi) is 9.23. The van der Waals surface area contributed by atoms with Crippen LogP contribution in [0.15, 0.2) is 54.6 Å². The van der Waals surface area contributed by atoms with Gasteiger partial charge in [0.25, 0.3) is 0 Å². The lowest BCUT2D eigenvalue weighted by Crippen LogP contribution is -2.53. The number of benzene rings is 2. The van der Waals surface area contributed by atoms with Gasteiger partial charge < -0.3 is 15.5 Å². The first-order valence-electron chi connectivity index (χ1n) is 8.22. The fourth-order valence-corrected chi connectivity index (χ4v) is 3.15. The molecule has 0 aliphatic carbocycles. The molecular weight excluding hydrogens is 393 g/mol. The molecule has 2 aromatic carbocycles. The summed E-state index contributed by atoms with van der Waals surface area (Å²) in [7, 11) is 0. The minimum absolute atomic E-state index is 0. The van der Waals surface area contributed by atoms with Gasteiger partial charge in [-0.1, -0.05) is 41.9 Å². The summed E-state index contributed by atoms with van der Waals surface area (Å²) in [5.41, 5.74) is 8.36. The van der Waals surface area contributed by atoms with Crippen LogP contribution in [0.2, 0.25) is 5.02 Å². The summed E-state index contributed by atoms with van der Waals surface area (Å²) in [5, 5.41) is 0.736. The molecule has 0 saturated carbocycles. The van der Waals surface area contributed by atoms with E-state index in [2.05, 4.69) is 4.90 Å². The number of halogens is 3. The third kappa shape index (κ3) is 5.78. The van der Waals surface area contributed by atoms with Crippen molar-refractivity contribution in [2.24, 2.45) is 5.73 Å². The van der Waals surface area contributed by atoms with Gasteiger partial charge in [-0.15, -0.1) is 24.8 Å². The Morgan fingerprint density at radius 3 is 2.12 bits per heavy atom. The number of nitrogens with zero attached hydrogens (tertiary/aromatic N) is 2. The van der Waals surface area contributed by atoms with Gasteiger partial charge in [0, 0.05) is 36.9 Å². The molecule has 1 fully saturated rings. The van der Waals surface area contributed by atoms with Crippen LogP contribution in [0.4, 0.5) is 5.69 Å². The van der Waals surface area contributed by atoms with Crippen LogP contribution in [0.5, 0.6) is 0 Å². The van der Waals surface area contributed by atoms with E-state index >= 15 is 0 Å². The van der Waals surface area contributed by atoms with E-state index in [0.717, 1.165) is 29.4 Å². The van der Waals surface area contributed by atoms with Gasteiger partial charge in [-0.2, -0.15) is 0 Å². The molecule has 0 bridgehead atoms. The van der Waals surface area contributed by atoms with Gasteiger partial charge in [0.15, 0.2) is 0 Å². The van der Waals surface area contributed by atoms with E-state index in [4.69, 9.17) is 17.3 Å². The van der Waals surface area contributed by atoms with Crippen LogP contribution < -0.4 is 10.6 Å². The average Bonchev–Trinajstić information content (AvgIpc) is 2.63. The van der Waals surface area contributed by atoms with E-state index in [1.54, 1.807) is 0 Å². The van der Waals surface area contributed by atoms with E-state index in [1.807, 2.05) is 59.5 Å². The van der Waals surface area contributed by atoms with Crippen LogP contribution in [-0.2, 0) is 11.2 Å². The third-order valence-electron chi connectivity index (χ3n) is 4.40. The Morgan fingerprint density at radius 1 is 0.962 bits per heavy atom. The quantitative estimate of drug-likeness (QED) is 0.831. The highest BCUT2D eigenvalue weighted by Gasteiger charge is 2.25. The first-order valence-corrected chi connectivity index (χ1v) is 8.60. The first-order chi connectivity index (χ1) is 11.6. The van der Waals surface area contributed by atoms with Gasteiger partial charge in [-0.25, -0.2) is 0 Å². The van der Waals surface area contributed by atoms with Crippen LogP contribution >= 0.6 is 36.4 Å². The molecule has 26 heavy (non-hydrogen) atoms. The lowest BCUT2D eigenvalue weighted by molar-refractivity contribution is -0.132. The average molecular weight is 417 g/mol. The second kappa shape index (κ2) is 10.6. The molecule has 1 aliphatic rings. The van der Waals surface area contributed by atoms with E-state index in [-0.39, 0.29) is 30.7 Å². The van der Waals surface area contributed by atoms with Crippen molar-refractivity contribution in [3.63, 3.8) is 0 Å². The summed E-state index contributed by atoms with van der Waals surface area (Å²) in [6.07, 6.45) is 0.580. The highest BCUT2D eigenvalue weighted by Crippen LogP contribution is 2.19. The molecule has 1 heterocycles. The lowest BCUT2D eigenvalue weighted by Gasteiger charge is -2.37. The van der Waals surface area contributed by atoms with E-state index in [9.17, 15) is 4.79 Å². The fourth-order valence-electron chi connectivity index (χ4n) is 3.03. The topological polar surface area (TPSA) is 49.6 Å². The number of hydrogen-bond acceptors (Lipinski definition) is 3. The van der Waals surface area contributed by atoms with Crippen molar-refractivity contribution in [1.82, 2.24) is 4.90 Å². The van der Waals surface area contributed by atoms with Crippen LogP contribution in [0.3, 0.4) is 0 Å². The first kappa shape index (κ1) is 22.6. The summed E-state index contributed by atoms with van der Waals surface area (Å²) >= 11 is 5.93. The summed E-state index contributed by atoms with van der Waals surface area (Å²) in [6.45, 7) is 3.02. The molecule has 0 unspecified atom stereocenters. The molecule has 0 spiro atoms. The maximum absolute atomic E-state index is 12.6. The number of anilines is 1. The SMILES string of the molecule is Cl.Cl.N[C@@H](Cc1ccccc1)C(=O)N1CCN(c2ccc(Cl)cc2)CC1. The maximum Gasteiger partial charge on any atom is 0.239 e. The van der Waals surface area contributed by atoms with Crippen molar-refractivity contribution < 1.29 is 4.79 Å². The maximum atomic E-state index is 12.6. The van der Waals surface area contributed by atoms with E-state index < -0.39 is 6.04 Å². The molecule has 2 aromatic rings. The van der Waals surface area contributed by atoms with Crippen molar-refractivity contribution >= 4 is 48.0 Å². The zero-order valence-corrected chi connectivity index (χ0v) is 16.8. The summed E-state index contributed by atoms with van der Waals surface area (Å²) in [5.74, 6) is 0.0367. The Bertz CT molecular complexity index is 674. The highest BCUT2D eigenvalue weighted by atomic mass is 35.5. The van der Waals surface area contributed by atoms with Crippen molar-refractivity contribution in [2.75, 3.05) is 31.1 Å². The summed E-state index contributed by atoms with van der Waals surface area (Å²) < 4.78 is 0. The molecular formula is C19H24Cl3N3O. The number of carbonyl (C=O) groups is 1. The van der Waals surface area contributed by atoms with Gasteiger partial charge >= 0.3 is 0 Å². The molecule has 1 amide bonds. The monoisotopic (exact) mass is 415 g/mol. The molecule has 1 atom stereocenters. The molecule has 142 valence electrons. The Labute approximate surface area is 172 Å².